The standard InChI is InChI=1S/C20H22N2O6S/c1-27-16-6-3-14(4-7-16)11-12-21-29(25,26)18-13-15(5-8-17(18)28-2)22-19(23)9-10-20(22)24/h3-8,13,21H,9-12H2,1-2H3. The third kappa shape index (κ3) is 4.57. The van der Waals surface area contributed by atoms with Crippen molar-refractivity contribution >= 4 is 27.5 Å². The van der Waals surface area contributed by atoms with Gasteiger partial charge in [0.1, 0.15) is 16.4 Å². The molecule has 1 fully saturated rings. The van der Waals surface area contributed by atoms with Gasteiger partial charge in [-0.15, -0.1) is 0 Å². The van der Waals surface area contributed by atoms with Crippen LogP contribution >= 0.6 is 0 Å². The molecule has 1 aliphatic rings. The number of imide groups is 1. The van der Waals surface area contributed by atoms with Crippen LogP contribution in [-0.2, 0) is 26.0 Å². The second kappa shape index (κ2) is 8.62. The first-order valence-corrected chi connectivity index (χ1v) is 10.5. The van der Waals surface area contributed by atoms with Crippen LogP contribution in [0.5, 0.6) is 11.5 Å². The van der Waals surface area contributed by atoms with E-state index in [1.54, 1.807) is 19.2 Å². The molecule has 3 rings (SSSR count). The van der Waals surface area contributed by atoms with Crippen LogP contribution in [0.25, 0.3) is 0 Å². The quantitative estimate of drug-likeness (QED) is 0.657. The van der Waals surface area contributed by atoms with Gasteiger partial charge in [-0.1, -0.05) is 12.1 Å². The smallest absolute Gasteiger partial charge is 0.244 e. The molecule has 2 amide bonds. The lowest BCUT2D eigenvalue weighted by Crippen LogP contribution is -2.30. The summed E-state index contributed by atoms with van der Waals surface area (Å²) in [5, 5.41) is 0. The largest absolute Gasteiger partial charge is 0.497 e. The van der Waals surface area contributed by atoms with Crippen molar-refractivity contribution in [1.82, 2.24) is 4.72 Å². The molecule has 0 radical (unpaired) electrons. The average Bonchev–Trinajstić information content (AvgIpc) is 3.06. The van der Waals surface area contributed by atoms with Gasteiger partial charge in [0.2, 0.25) is 21.8 Å². The van der Waals surface area contributed by atoms with Gasteiger partial charge in [0.15, 0.2) is 0 Å². The molecule has 1 heterocycles. The van der Waals surface area contributed by atoms with Gasteiger partial charge < -0.3 is 9.47 Å². The number of benzene rings is 2. The number of carbonyl (C=O) groups excluding carboxylic acids is 2. The summed E-state index contributed by atoms with van der Waals surface area (Å²) in [6, 6.07) is 11.6. The van der Waals surface area contributed by atoms with E-state index in [0.29, 0.717) is 6.42 Å². The zero-order valence-corrected chi connectivity index (χ0v) is 17.0. The number of amides is 2. The summed E-state index contributed by atoms with van der Waals surface area (Å²) < 4.78 is 38.5. The van der Waals surface area contributed by atoms with Gasteiger partial charge in [0.05, 0.1) is 19.9 Å². The lowest BCUT2D eigenvalue weighted by atomic mass is 10.1. The van der Waals surface area contributed by atoms with Crippen LogP contribution < -0.4 is 19.1 Å². The number of sulfonamides is 1. The van der Waals surface area contributed by atoms with Crippen molar-refractivity contribution in [3.63, 3.8) is 0 Å². The zero-order valence-electron chi connectivity index (χ0n) is 16.2. The summed E-state index contributed by atoms with van der Waals surface area (Å²) in [6.07, 6.45) is 0.717. The molecule has 0 unspecified atom stereocenters. The SMILES string of the molecule is COc1ccc(CCNS(=O)(=O)c2cc(N3C(=O)CCC3=O)ccc2OC)cc1. The minimum atomic E-state index is -3.92. The number of rotatable bonds is 8. The summed E-state index contributed by atoms with van der Waals surface area (Å²) in [5.74, 6) is 0.152. The maximum atomic E-state index is 12.8. The van der Waals surface area contributed by atoms with Crippen molar-refractivity contribution in [1.29, 1.82) is 0 Å². The van der Waals surface area contributed by atoms with E-state index in [1.807, 2.05) is 12.1 Å². The molecular weight excluding hydrogens is 396 g/mol. The van der Waals surface area contributed by atoms with Crippen molar-refractivity contribution in [3.05, 3.63) is 48.0 Å². The van der Waals surface area contributed by atoms with Crippen LogP contribution in [0.3, 0.4) is 0 Å². The van der Waals surface area contributed by atoms with Crippen LogP contribution in [-0.4, -0.2) is 41.0 Å². The van der Waals surface area contributed by atoms with Crippen molar-refractivity contribution in [2.45, 2.75) is 24.2 Å². The summed E-state index contributed by atoms with van der Waals surface area (Å²) in [5.41, 5.74) is 1.16. The molecule has 0 atom stereocenters. The number of ether oxygens (including phenoxy) is 2. The van der Waals surface area contributed by atoms with E-state index >= 15 is 0 Å². The van der Waals surface area contributed by atoms with E-state index in [1.165, 1.54) is 25.3 Å². The zero-order chi connectivity index (χ0) is 21.0. The number of carbonyl (C=O) groups is 2. The number of hydrogen-bond acceptors (Lipinski definition) is 6. The molecule has 2 aromatic rings. The van der Waals surface area contributed by atoms with E-state index in [2.05, 4.69) is 4.72 Å². The van der Waals surface area contributed by atoms with E-state index < -0.39 is 10.0 Å². The van der Waals surface area contributed by atoms with Crippen LogP contribution in [0.1, 0.15) is 18.4 Å². The third-order valence-electron chi connectivity index (χ3n) is 4.61. The fraction of sp³-hybridized carbons (Fsp3) is 0.300. The second-order valence-electron chi connectivity index (χ2n) is 6.45. The van der Waals surface area contributed by atoms with E-state index in [9.17, 15) is 18.0 Å². The monoisotopic (exact) mass is 418 g/mol. The van der Waals surface area contributed by atoms with Crippen LogP contribution in [0.15, 0.2) is 47.4 Å². The highest BCUT2D eigenvalue weighted by Crippen LogP contribution is 2.31. The van der Waals surface area contributed by atoms with Crippen molar-refractivity contribution in [2.75, 3.05) is 25.7 Å². The minimum Gasteiger partial charge on any atom is -0.497 e. The fourth-order valence-corrected chi connectivity index (χ4v) is 4.30. The Kier molecular flexibility index (Phi) is 6.19. The molecule has 0 aromatic heterocycles. The number of hydrogen-bond donors (Lipinski definition) is 1. The summed E-state index contributed by atoms with van der Waals surface area (Å²) >= 11 is 0. The third-order valence-corrected chi connectivity index (χ3v) is 6.09. The topological polar surface area (TPSA) is 102 Å². The van der Waals surface area contributed by atoms with Crippen molar-refractivity contribution < 1.29 is 27.5 Å². The predicted octanol–water partition coefficient (Wildman–Crippen LogP) is 1.88. The van der Waals surface area contributed by atoms with Gasteiger partial charge in [-0.3, -0.25) is 14.5 Å². The second-order valence-corrected chi connectivity index (χ2v) is 8.19. The Morgan fingerprint density at radius 1 is 0.966 bits per heavy atom. The van der Waals surface area contributed by atoms with Crippen LogP contribution in [0.2, 0.25) is 0 Å². The van der Waals surface area contributed by atoms with Gasteiger partial charge in [-0.25, -0.2) is 13.1 Å². The Morgan fingerprint density at radius 2 is 1.62 bits per heavy atom. The summed E-state index contributed by atoms with van der Waals surface area (Å²) in [7, 11) is -0.986. The summed E-state index contributed by atoms with van der Waals surface area (Å²) in [6.45, 7) is 0.170. The highest BCUT2D eigenvalue weighted by Gasteiger charge is 2.32. The van der Waals surface area contributed by atoms with E-state index in [0.717, 1.165) is 16.2 Å². The number of methoxy groups -OCH3 is 2. The molecule has 9 heteroatoms. The van der Waals surface area contributed by atoms with Crippen molar-refractivity contribution in [3.8, 4) is 11.5 Å². The molecule has 0 saturated carbocycles. The number of nitrogens with one attached hydrogen (secondary N) is 1. The normalized spacial score (nSPS) is 14.3. The Labute approximate surface area is 169 Å². The molecule has 1 N–H and O–H groups in total. The molecule has 29 heavy (non-hydrogen) atoms. The molecule has 1 aliphatic heterocycles. The van der Waals surface area contributed by atoms with Crippen molar-refractivity contribution in [2.24, 2.45) is 0 Å². The molecular formula is C20H22N2O6S. The highest BCUT2D eigenvalue weighted by atomic mass is 32.2. The van der Waals surface area contributed by atoms with Gasteiger partial charge in [0, 0.05) is 19.4 Å². The van der Waals surface area contributed by atoms with Crippen LogP contribution in [0.4, 0.5) is 5.69 Å². The summed E-state index contributed by atoms with van der Waals surface area (Å²) in [4.78, 5) is 24.8. The number of nitrogens with zero attached hydrogens (tertiary/aromatic N) is 1. The Hall–Kier alpha value is -2.91. The molecule has 0 aliphatic carbocycles. The number of anilines is 1. The maximum absolute atomic E-state index is 12.8. The lowest BCUT2D eigenvalue weighted by molar-refractivity contribution is -0.121. The van der Waals surface area contributed by atoms with Gasteiger partial charge >= 0.3 is 0 Å². The molecule has 8 nitrogen and oxygen atoms in total. The van der Waals surface area contributed by atoms with E-state index in [4.69, 9.17) is 9.47 Å². The first-order chi connectivity index (χ1) is 13.9. The molecule has 0 spiro atoms. The highest BCUT2D eigenvalue weighted by molar-refractivity contribution is 7.89. The Morgan fingerprint density at radius 3 is 2.21 bits per heavy atom. The average molecular weight is 418 g/mol. The Bertz CT molecular complexity index is 1000. The molecule has 2 aromatic carbocycles. The molecule has 154 valence electrons. The van der Waals surface area contributed by atoms with Gasteiger partial charge in [-0.2, -0.15) is 0 Å². The van der Waals surface area contributed by atoms with Gasteiger partial charge in [-0.05, 0) is 42.3 Å². The molecule has 0 bridgehead atoms. The fourth-order valence-electron chi connectivity index (χ4n) is 3.08. The first kappa shape index (κ1) is 20.8. The lowest BCUT2D eigenvalue weighted by Gasteiger charge is -2.17. The minimum absolute atomic E-state index is 0.118. The van der Waals surface area contributed by atoms with Crippen LogP contribution in [0, 0.1) is 0 Å². The molecule has 1 saturated heterocycles. The van der Waals surface area contributed by atoms with Gasteiger partial charge in [0.25, 0.3) is 0 Å². The predicted molar refractivity (Wildman–Crippen MR) is 107 cm³/mol. The Balaban J connectivity index is 1.78. The first-order valence-electron chi connectivity index (χ1n) is 9.02. The maximum Gasteiger partial charge on any atom is 0.244 e. The van der Waals surface area contributed by atoms with E-state index in [-0.39, 0.29) is 47.5 Å².